The van der Waals surface area contributed by atoms with Crippen molar-refractivity contribution in [1.82, 2.24) is 4.98 Å². The zero-order valence-corrected chi connectivity index (χ0v) is 16.6. The monoisotopic (exact) mass is 412 g/mol. The zero-order valence-electron chi connectivity index (χ0n) is 15.7. The largest absolute Gasteiger partial charge is 0.432 e. The van der Waals surface area contributed by atoms with Crippen LogP contribution in [0, 0.1) is 5.92 Å². The van der Waals surface area contributed by atoms with Crippen molar-refractivity contribution in [2.45, 2.75) is 19.5 Å². The van der Waals surface area contributed by atoms with Crippen LogP contribution in [0.15, 0.2) is 34.4 Å². The number of fused-ring (bicyclic) bond motifs is 1. The van der Waals surface area contributed by atoms with Gasteiger partial charge in [-0.1, -0.05) is 23.5 Å². The summed E-state index contributed by atoms with van der Waals surface area (Å²) in [5.41, 5.74) is -0.409. The maximum atomic E-state index is 13.5. The summed E-state index contributed by atoms with van der Waals surface area (Å²) in [6.07, 6.45) is -4.00. The Morgan fingerprint density at radius 3 is 2.68 bits per heavy atom. The number of hydrazone groups is 1. The summed E-state index contributed by atoms with van der Waals surface area (Å²) in [6.45, 7) is 2.66. The number of halogens is 3. The first-order valence-corrected chi connectivity index (χ1v) is 9.65. The minimum atomic E-state index is -4.73. The molecule has 1 amide bonds. The number of amides is 1. The number of nitrogens with one attached hydrogen (secondary N) is 1. The highest BCUT2D eigenvalue weighted by Crippen LogP contribution is 2.36. The lowest BCUT2D eigenvalue weighted by Gasteiger charge is -2.14. The smallest absolute Gasteiger partial charge is 0.340 e. The van der Waals surface area contributed by atoms with Crippen LogP contribution in [0.2, 0.25) is 0 Å². The molecule has 1 aromatic carbocycles. The number of hydrogen-bond donors (Lipinski definition) is 1. The summed E-state index contributed by atoms with van der Waals surface area (Å²) < 4.78 is 41.4. The molecule has 1 unspecified atom stereocenters. The molecule has 0 spiro atoms. The van der Waals surface area contributed by atoms with Crippen molar-refractivity contribution in [3.8, 4) is 0 Å². The third-order valence-corrected chi connectivity index (χ3v) is 5.32. The van der Waals surface area contributed by atoms with Gasteiger partial charge in [0.05, 0.1) is 30.9 Å². The molecule has 1 atom stereocenters. The first-order chi connectivity index (χ1) is 13.2. The van der Waals surface area contributed by atoms with Gasteiger partial charge < -0.3 is 4.90 Å². The van der Waals surface area contributed by atoms with E-state index in [4.69, 9.17) is 0 Å². The first-order valence-electron chi connectivity index (χ1n) is 8.83. The lowest BCUT2D eigenvalue weighted by atomic mass is 9.98. The van der Waals surface area contributed by atoms with E-state index in [0.717, 1.165) is 34.0 Å². The van der Waals surface area contributed by atoms with E-state index in [1.54, 1.807) is 24.3 Å². The molecule has 1 aliphatic heterocycles. The van der Waals surface area contributed by atoms with Crippen LogP contribution in [0.25, 0.3) is 10.2 Å². The molecule has 0 bridgehead atoms. The standard InChI is InChI=1S/C18H20F3N5OS/c1-11(22-9-6-10-25(2)3)14-15(18(19,20)21)24-26(16(14)27)17-23-12-7-4-5-8-13(12)28-17/h4-5,7-8,14H,6,9-10H2,1-3H3/p+1. The topological polar surface area (TPSA) is 62.4 Å². The molecule has 1 aromatic heterocycles. The molecule has 6 nitrogen and oxygen atoms in total. The van der Waals surface area contributed by atoms with Crippen LogP contribution in [-0.2, 0) is 4.79 Å². The van der Waals surface area contributed by atoms with Crippen molar-refractivity contribution >= 4 is 44.0 Å². The van der Waals surface area contributed by atoms with Gasteiger partial charge >= 0.3 is 6.18 Å². The third-order valence-electron chi connectivity index (χ3n) is 4.30. The van der Waals surface area contributed by atoms with Crippen molar-refractivity contribution in [3.05, 3.63) is 24.3 Å². The number of nitrogens with zero attached hydrogens (tertiary/aromatic N) is 4. The molecule has 0 radical (unpaired) electrons. The molecule has 2 heterocycles. The molecule has 0 aliphatic carbocycles. The van der Waals surface area contributed by atoms with Gasteiger partial charge in [-0.15, -0.1) is 0 Å². The number of aliphatic imine (C=N–C) groups is 1. The number of quaternary nitrogens is 1. The molecule has 28 heavy (non-hydrogen) atoms. The van der Waals surface area contributed by atoms with E-state index in [0.29, 0.717) is 12.1 Å². The number of carbonyl (C=O) groups excluding carboxylic acids is 1. The van der Waals surface area contributed by atoms with E-state index in [1.807, 2.05) is 14.1 Å². The van der Waals surface area contributed by atoms with Crippen molar-refractivity contribution in [3.63, 3.8) is 0 Å². The van der Waals surface area contributed by atoms with E-state index in [2.05, 4.69) is 15.1 Å². The highest BCUT2D eigenvalue weighted by Gasteiger charge is 2.52. The summed E-state index contributed by atoms with van der Waals surface area (Å²) in [5, 5.41) is 4.49. The SMILES string of the molecule is CC(=NCCC[NH+](C)C)C1C(=O)N(c2nc3ccccc3s2)N=C1C(F)(F)F. The molecule has 10 heteroatoms. The minimum Gasteiger partial charge on any atom is -0.340 e. The molecule has 3 rings (SSSR count). The van der Waals surface area contributed by atoms with Crippen LogP contribution in [0.5, 0.6) is 0 Å². The predicted molar refractivity (Wildman–Crippen MR) is 104 cm³/mol. The van der Waals surface area contributed by atoms with E-state index in [-0.39, 0.29) is 10.8 Å². The molecule has 0 fully saturated rings. The van der Waals surface area contributed by atoms with Crippen molar-refractivity contribution < 1.29 is 22.9 Å². The number of rotatable bonds is 6. The second kappa shape index (κ2) is 7.96. The molecule has 0 saturated carbocycles. The Balaban J connectivity index is 1.89. The lowest BCUT2D eigenvalue weighted by molar-refractivity contribution is -0.858. The van der Waals surface area contributed by atoms with E-state index >= 15 is 0 Å². The second-order valence-electron chi connectivity index (χ2n) is 6.86. The summed E-state index contributed by atoms with van der Waals surface area (Å²) >= 11 is 1.13. The van der Waals surface area contributed by atoms with Gasteiger partial charge in [0.1, 0.15) is 5.92 Å². The fourth-order valence-corrected chi connectivity index (χ4v) is 3.84. The van der Waals surface area contributed by atoms with Crippen LogP contribution in [0.3, 0.4) is 0 Å². The third kappa shape index (κ3) is 4.22. The van der Waals surface area contributed by atoms with Gasteiger partial charge in [0.2, 0.25) is 5.13 Å². The fraction of sp³-hybridized carbons (Fsp3) is 0.444. The Hall–Kier alpha value is -2.33. The summed E-state index contributed by atoms with van der Waals surface area (Å²) in [4.78, 5) is 22.5. The van der Waals surface area contributed by atoms with E-state index in [9.17, 15) is 18.0 Å². The number of anilines is 1. The number of aromatic nitrogens is 1. The molecule has 0 saturated heterocycles. The Labute approximate surface area is 164 Å². The van der Waals surface area contributed by atoms with Crippen molar-refractivity contribution in [1.29, 1.82) is 0 Å². The Morgan fingerprint density at radius 2 is 2.04 bits per heavy atom. The summed E-state index contributed by atoms with van der Waals surface area (Å²) in [5.74, 6) is -2.30. The van der Waals surface area contributed by atoms with Crippen molar-refractivity contribution in [2.75, 3.05) is 32.2 Å². The van der Waals surface area contributed by atoms with Crippen LogP contribution in [0.1, 0.15) is 13.3 Å². The summed E-state index contributed by atoms with van der Waals surface area (Å²) in [6, 6.07) is 7.11. The second-order valence-corrected chi connectivity index (χ2v) is 7.87. The van der Waals surface area contributed by atoms with E-state index < -0.39 is 23.7 Å². The normalized spacial score (nSPS) is 18.5. The molecule has 2 aromatic rings. The quantitative estimate of drug-likeness (QED) is 0.584. The van der Waals surface area contributed by atoms with Crippen LogP contribution in [-0.4, -0.2) is 55.7 Å². The van der Waals surface area contributed by atoms with Gasteiger partial charge in [0, 0.05) is 18.7 Å². The number of alkyl halides is 3. The Bertz CT molecular complexity index is 902. The predicted octanol–water partition coefficient (Wildman–Crippen LogP) is 2.17. The van der Waals surface area contributed by atoms with E-state index in [1.165, 1.54) is 11.8 Å². The molecule has 1 aliphatic rings. The minimum absolute atomic E-state index is 0.124. The zero-order chi connectivity index (χ0) is 20.5. The number of benzene rings is 1. The molecule has 1 N–H and O–H groups in total. The maximum Gasteiger partial charge on any atom is 0.432 e. The van der Waals surface area contributed by atoms with Crippen LogP contribution >= 0.6 is 11.3 Å². The maximum absolute atomic E-state index is 13.5. The van der Waals surface area contributed by atoms with Gasteiger partial charge in [-0.3, -0.25) is 9.79 Å². The van der Waals surface area contributed by atoms with Crippen molar-refractivity contribution in [2.24, 2.45) is 16.0 Å². The average Bonchev–Trinajstić information content (AvgIpc) is 3.18. The van der Waals surface area contributed by atoms with Gasteiger partial charge in [0.25, 0.3) is 5.91 Å². The first kappa shape index (κ1) is 20.4. The molecule has 150 valence electrons. The van der Waals surface area contributed by atoms with Crippen LogP contribution < -0.4 is 9.91 Å². The van der Waals surface area contributed by atoms with Gasteiger partial charge in [-0.05, 0) is 19.1 Å². The highest BCUT2D eigenvalue weighted by atomic mass is 32.1. The number of carbonyl (C=O) groups is 1. The van der Waals surface area contributed by atoms with Gasteiger partial charge in [0.15, 0.2) is 5.71 Å². The lowest BCUT2D eigenvalue weighted by Crippen LogP contribution is -3.05. The highest BCUT2D eigenvalue weighted by molar-refractivity contribution is 7.22. The molecular formula is C18H21F3N5OS+. The Morgan fingerprint density at radius 1 is 1.32 bits per heavy atom. The average molecular weight is 412 g/mol. The summed E-state index contributed by atoms with van der Waals surface area (Å²) in [7, 11) is 3.97. The number of thiazole rings is 1. The molecular weight excluding hydrogens is 391 g/mol. The van der Waals surface area contributed by atoms with Gasteiger partial charge in [-0.2, -0.15) is 23.3 Å². The Kier molecular flexibility index (Phi) is 5.80. The number of para-hydroxylation sites is 1. The van der Waals surface area contributed by atoms with Gasteiger partial charge in [-0.25, -0.2) is 4.98 Å². The fourth-order valence-electron chi connectivity index (χ4n) is 2.92. The van der Waals surface area contributed by atoms with Crippen LogP contribution in [0.4, 0.5) is 18.3 Å². The number of hydrogen-bond acceptors (Lipinski definition) is 5.